The lowest BCUT2D eigenvalue weighted by atomic mass is 9.86. The van der Waals surface area contributed by atoms with E-state index in [0.29, 0.717) is 31.0 Å². The van der Waals surface area contributed by atoms with Gasteiger partial charge >= 0.3 is 0 Å². The van der Waals surface area contributed by atoms with Crippen LogP contribution in [0.2, 0.25) is 0 Å². The standard InChI is InChI=1S/C32H44N6O5S/c1-32(2,3)23-18-25(29(43-5)26(19-23)35-44(6,41)42)34-30(39)27-17-21-9-7-10-22(28(21)36(27)4)20-37-13-15-38(16-14-37)31(40)24-11-8-12-33-24/h7,9-10,17-19,24,33,35H,8,11-16,20H2,1-6H3,(H,34,39)/t24-/m0/s1. The van der Waals surface area contributed by atoms with Crippen LogP contribution in [0.3, 0.4) is 0 Å². The smallest absolute Gasteiger partial charge is 0.272 e. The van der Waals surface area contributed by atoms with Gasteiger partial charge in [0.25, 0.3) is 5.91 Å². The summed E-state index contributed by atoms with van der Waals surface area (Å²) in [7, 11) is -0.270. The molecule has 11 nitrogen and oxygen atoms in total. The molecule has 12 heteroatoms. The van der Waals surface area contributed by atoms with E-state index in [4.69, 9.17) is 4.74 Å². The summed E-state index contributed by atoms with van der Waals surface area (Å²) in [6.07, 6.45) is 3.04. The van der Waals surface area contributed by atoms with E-state index in [1.54, 1.807) is 6.07 Å². The molecule has 2 amide bonds. The van der Waals surface area contributed by atoms with Gasteiger partial charge in [0, 0.05) is 45.2 Å². The lowest BCUT2D eigenvalue weighted by Crippen LogP contribution is -2.52. The van der Waals surface area contributed by atoms with Gasteiger partial charge in [0.1, 0.15) is 5.69 Å². The Morgan fingerprint density at radius 2 is 1.77 bits per heavy atom. The molecule has 2 aliphatic heterocycles. The fourth-order valence-corrected chi connectivity index (χ4v) is 6.72. The second-order valence-corrected chi connectivity index (χ2v) is 14.6. The zero-order valence-electron chi connectivity index (χ0n) is 26.5. The van der Waals surface area contributed by atoms with Gasteiger partial charge in [-0.15, -0.1) is 0 Å². The topological polar surface area (TPSA) is 125 Å². The first-order chi connectivity index (χ1) is 20.7. The Labute approximate surface area is 260 Å². The predicted molar refractivity (Wildman–Crippen MR) is 174 cm³/mol. The highest BCUT2D eigenvalue weighted by Gasteiger charge is 2.30. The molecule has 1 atom stereocenters. The number of hydrogen-bond donors (Lipinski definition) is 3. The Morgan fingerprint density at radius 1 is 1.07 bits per heavy atom. The van der Waals surface area contributed by atoms with Crippen molar-refractivity contribution in [3.05, 3.63) is 53.2 Å². The average Bonchev–Trinajstić information content (AvgIpc) is 3.61. The monoisotopic (exact) mass is 624 g/mol. The Hall–Kier alpha value is -3.61. The maximum atomic E-state index is 13.8. The highest BCUT2D eigenvalue weighted by molar-refractivity contribution is 7.92. The molecule has 2 saturated heterocycles. The molecular weight excluding hydrogens is 580 g/mol. The molecule has 2 aromatic carbocycles. The molecule has 238 valence electrons. The summed E-state index contributed by atoms with van der Waals surface area (Å²) < 4.78 is 34.3. The van der Waals surface area contributed by atoms with Crippen LogP contribution in [0.5, 0.6) is 5.75 Å². The van der Waals surface area contributed by atoms with Crippen LogP contribution in [0.1, 0.15) is 55.2 Å². The number of nitrogens with zero attached hydrogens (tertiary/aromatic N) is 3. The number of nitrogens with one attached hydrogen (secondary N) is 3. The second kappa shape index (κ2) is 12.4. The van der Waals surface area contributed by atoms with E-state index < -0.39 is 10.0 Å². The van der Waals surface area contributed by atoms with Crippen LogP contribution in [-0.2, 0) is 33.8 Å². The van der Waals surface area contributed by atoms with Gasteiger partial charge in [0.05, 0.1) is 36.3 Å². The minimum atomic E-state index is -3.59. The molecule has 0 aliphatic carbocycles. The van der Waals surface area contributed by atoms with Crippen molar-refractivity contribution in [1.82, 2.24) is 19.7 Å². The zero-order valence-corrected chi connectivity index (χ0v) is 27.3. The van der Waals surface area contributed by atoms with Crippen molar-refractivity contribution in [2.24, 2.45) is 7.05 Å². The third-order valence-electron chi connectivity index (χ3n) is 8.51. The first kappa shape index (κ1) is 31.8. The van der Waals surface area contributed by atoms with E-state index in [2.05, 4.69) is 26.3 Å². The number of amides is 2. The second-order valence-electron chi connectivity index (χ2n) is 12.9. The van der Waals surface area contributed by atoms with E-state index in [1.165, 1.54) is 7.11 Å². The molecule has 0 saturated carbocycles. The Kier molecular flexibility index (Phi) is 8.97. The number of benzene rings is 2. The van der Waals surface area contributed by atoms with E-state index in [-0.39, 0.29) is 34.7 Å². The molecule has 0 unspecified atom stereocenters. The highest BCUT2D eigenvalue weighted by Crippen LogP contribution is 2.39. The van der Waals surface area contributed by atoms with Gasteiger partial charge in [0.2, 0.25) is 15.9 Å². The molecule has 5 rings (SSSR count). The number of piperazine rings is 1. The number of sulfonamides is 1. The summed E-state index contributed by atoms with van der Waals surface area (Å²) in [6.45, 7) is 10.7. The number of aryl methyl sites for hydroxylation is 1. The Bertz CT molecular complexity index is 1660. The zero-order chi connectivity index (χ0) is 31.8. The molecule has 2 aliphatic rings. The number of para-hydroxylation sites is 1. The van der Waals surface area contributed by atoms with E-state index >= 15 is 0 Å². The van der Waals surface area contributed by atoms with Crippen molar-refractivity contribution in [1.29, 1.82) is 0 Å². The minimum absolute atomic E-state index is 0.0401. The molecule has 0 radical (unpaired) electrons. The van der Waals surface area contributed by atoms with Crippen LogP contribution in [0, 0.1) is 0 Å². The number of methoxy groups -OCH3 is 1. The summed E-state index contributed by atoms with van der Waals surface area (Å²) in [5.74, 6) is 0.112. The van der Waals surface area contributed by atoms with Gasteiger partial charge in [-0.2, -0.15) is 0 Å². The Morgan fingerprint density at radius 3 is 2.39 bits per heavy atom. The maximum absolute atomic E-state index is 13.8. The van der Waals surface area contributed by atoms with Crippen molar-refractivity contribution in [2.45, 2.75) is 51.6 Å². The van der Waals surface area contributed by atoms with Crippen LogP contribution in [-0.4, -0.2) is 86.7 Å². The first-order valence-electron chi connectivity index (χ1n) is 15.1. The quantitative estimate of drug-likeness (QED) is 0.350. The number of hydrogen-bond acceptors (Lipinski definition) is 7. The van der Waals surface area contributed by atoms with Gasteiger partial charge in [-0.3, -0.25) is 19.2 Å². The number of fused-ring (bicyclic) bond motifs is 1. The number of carbonyl (C=O) groups is 2. The van der Waals surface area contributed by atoms with Crippen molar-refractivity contribution >= 4 is 44.1 Å². The van der Waals surface area contributed by atoms with Gasteiger partial charge in [0.15, 0.2) is 5.75 Å². The van der Waals surface area contributed by atoms with Crippen LogP contribution < -0.4 is 20.1 Å². The lowest BCUT2D eigenvalue weighted by Gasteiger charge is -2.36. The Balaban J connectivity index is 1.37. The lowest BCUT2D eigenvalue weighted by molar-refractivity contribution is -0.134. The molecule has 3 heterocycles. The molecular formula is C32H44N6O5S. The number of anilines is 2. The van der Waals surface area contributed by atoms with Crippen LogP contribution in [0.4, 0.5) is 11.4 Å². The summed E-state index contributed by atoms with van der Waals surface area (Å²) in [4.78, 5) is 30.9. The third kappa shape index (κ3) is 6.87. The number of rotatable bonds is 8. The van der Waals surface area contributed by atoms with Gasteiger partial charge in [-0.05, 0) is 54.1 Å². The molecule has 0 spiro atoms. The van der Waals surface area contributed by atoms with E-state index in [1.807, 2.05) is 61.6 Å². The summed E-state index contributed by atoms with van der Waals surface area (Å²) in [5.41, 5.74) is 3.70. The van der Waals surface area contributed by atoms with Crippen molar-refractivity contribution in [2.75, 3.05) is 56.1 Å². The fraction of sp³-hybridized carbons (Fsp3) is 0.500. The van der Waals surface area contributed by atoms with Gasteiger partial charge in [-0.25, -0.2) is 8.42 Å². The SMILES string of the molecule is COc1c(NC(=O)c2cc3cccc(CN4CCN(C(=O)[C@@H]5CCCN5)CC4)c3n2C)cc(C(C)(C)C)cc1NS(C)(=O)=O. The molecule has 44 heavy (non-hydrogen) atoms. The van der Waals surface area contributed by atoms with Crippen molar-refractivity contribution in [3.8, 4) is 5.75 Å². The predicted octanol–water partition coefficient (Wildman–Crippen LogP) is 3.50. The highest BCUT2D eigenvalue weighted by atomic mass is 32.2. The summed E-state index contributed by atoms with van der Waals surface area (Å²) in [5, 5.41) is 7.25. The number of carbonyl (C=O) groups excluding carboxylic acids is 2. The maximum Gasteiger partial charge on any atom is 0.272 e. The summed E-state index contributed by atoms with van der Waals surface area (Å²) in [6, 6.07) is 11.5. The number of ether oxygens (including phenoxy) is 1. The van der Waals surface area contributed by atoms with Crippen LogP contribution in [0.15, 0.2) is 36.4 Å². The number of aromatic nitrogens is 1. The fourth-order valence-electron chi connectivity index (χ4n) is 6.17. The third-order valence-corrected chi connectivity index (χ3v) is 9.10. The molecule has 2 fully saturated rings. The van der Waals surface area contributed by atoms with Crippen LogP contribution >= 0.6 is 0 Å². The normalized spacial score (nSPS) is 18.0. The average molecular weight is 625 g/mol. The molecule has 3 aromatic rings. The molecule has 0 bridgehead atoms. The largest absolute Gasteiger partial charge is 0.492 e. The van der Waals surface area contributed by atoms with E-state index in [0.717, 1.165) is 60.8 Å². The van der Waals surface area contributed by atoms with Gasteiger partial charge in [-0.1, -0.05) is 39.0 Å². The van der Waals surface area contributed by atoms with E-state index in [9.17, 15) is 18.0 Å². The first-order valence-corrected chi connectivity index (χ1v) is 17.0. The molecule has 1 aromatic heterocycles. The van der Waals surface area contributed by atoms with Crippen LogP contribution in [0.25, 0.3) is 10.9 Å². The van der Waals surface area contributed by atoms with Gasteiger partial charge < -0.3 is 24.8 Å². The van der Waals surface area contributed by atoms with Crippen molar-refractivity contribution < 1.29 is 22.7 Å². The molecule has 3 N–H and O–H groups in total. The minimum Gasteiger partial charge on any atom is -0.492 e. The van der Waals surface area contributed by atoms with Crippen molar-refractivity contribution in [3.63, 3.8) is 0 Å². The summed E-state index contributed by atoms with van der Waals surface area (Å²) >= 11 is 0.